The van der Waals surface area contributed by atoms with Gasteiger partial charge in [0.05, 0.1) is 5.54 Å². The van der Waals surface area contributed by atoms with Crippen molar-refractivity contribution in [3.05, 3.63) is 0 Å². The number of ketones is 1. The van der Waals surface area contributed by atoms with Gasteiger partial charge in [0.25, 0.3) is 0 Å². The van der Waals surface area contributed by atoms with E-state index in [1.165, 1.54) is 6.42 Å². The SMILES string of the molecule is CCOCC(=O)C1(N(C)C)CCCC(C)C1. The molecule has 3 nitrogen and oxygen atoms in total. The standard InChI is InChI=1S/C13H25NO2/c1-5-16-10-12(15)13(14(3)4)8-6-7-11(2)9-13/h11H,5-10H2,1-4H3. The Kier molecular flexibility index (Phi) is 4.93. The molecule has 1 saturated carbocycles. The lowest BCUT2D eigenvalue weighted by molar-refractivity contribution is -0.137. The minimum atomic E-state index is -0.271. The third-order valence-corrected chi connectivity index (χ3v) is 3.79. The minimum Gasteiger partial charge on any atom is -0.374 e. The van der Waals surface area contributed by atoms with Crippen LogP contribution in [0.4, 0.5) is 0 Å². The van der Waals surface area contributed by atoms with Crippen molar-refractivity contribution >= 4 is 5.78 Å². The maximum Gasteiger partial charge on any atom is 0.178 e. The van der Waals surface area contributed by atoms with E-state index >= 15 is 0 Å². The van der Waals surface area contributed by atoms with E-state index in [9.17, 15) is 4.79 Å². The van der Waals surface area contributed by atoms with Crippen LogP contribution in [0.1, 0.15) is 39.5 Å². The normalized spacial score (nSPS) is 30.7. The molecule has 1 aliphatic rings. The highest BCUT2D eigenvalue weighted by molar-refractivity contribution is 5.89. The second kappa shape index (κ2) is 5.78. The first-order valence-corrected chi connectivity index (χ1v) is 6.31. The van der Waals surface area contributed by atoms with Crippen LogP contribution in [0.15, 0.2) is 0 Å². The summed E-state index contributed by atoms with van der Waals surface area (Å²) in [5, 5.41) is 0. The molecular weight excluding hydrogens is 202 g/mol. The summed E-state index contributed by atoms with van der Waals surface area (Å²) in [5.41, 5.74) is -0.271. The van der Waals surface area contributed by atoms with Crippen molar-refractivity contribution in [2.45, 2.75) is 45.1 Å². The maximum absolute atomic E-state index is 12.3. The summed E-state index contributed by atoms with van der Waals surface area (Å²) in [6, 6.07) is 0. The van der Waals surface area contributed by atoms with Crippen molar-refractivity contribution < 1.29 is 9.53 Å². The van der Waals surface area contributed by atoms with Gasteiger partial charge in [0.15, 0.2) is 5.78 Å². The van der Waals surface area contributed by atoms with Crippen LogP contribution in [0.5, 0.6) is 0 Å². The van der Waals surface area contributed by atoms with E-state index in [1.807, 2.05) is 21.0 Å². The lowest BCUT2D eigenvalue weighted by Crippen LogP contribution is -2.55. The van der Waals surface area contributed by atoms with Crippen LogP contribution in [0, 0.1) is 5.92 Å². The molecule has 2 atom stereocenters. The summed E-state index contributed by atoms with van der Waals surface area (Å²) in [6.45, 7) is 5.05. The van der Waals surface area contributed by atoms with Gasteiger partial charge in [-0.1, -0.05) is 19.8 Å². The molecule has 0 aromatic carbocycles. The molecule has 94 valence electrons. The average molecular weight is 227 g/mol. The van der Waals surface area contributed by atoms with Crippen molar-refractivity contribution in [1.82, 2.24) is 4.90 Å². The number of rotatable bonds is 5. The van der Waals surface area contributed by atoms with E-state index in [2.05, 4.69) is 11.8 Å². The maximum atomic E-state index is 12.3. The van der Waals surface area contributed by atoms with Crippen molar-refractivity contribution in [1.29, 1.82) is 0 Å². The van der Waals surface area contributed by atoms with Crippen molar-refractivity contribution in [3.63, 3.8) is 0 Å². The molecule has 0 N–H and O–H groups in total. The number of ether oxygens (including phenoxy) is 1. The van der Waals surface area contributed by atoms with Gasteiger partial charge in [-0.05, 0) is 39.8 Å². The Labute approximate surface area is 99.1 Å². The second-order valence-corrected chi connectivity index (χ2v) is 5.19. The zero-order valence-corrected chi connectivity index (χ0v) is 11.1. The van der Waals surface area contributed by atoms with Crippen molar-refractivity contribution in [2.75, 3.05) is 27.3 Å². The van der Waals surface area contributed by atoms with Gasteiger partial charge < -0.3 is 4.74 Å². The van der Waals surface area contributed by atoms with Crippen LogP contribution in [-0.2, 0) is 9.53 Å². The predicted octanol–water partition coefficient (Wildman–Crippen LogP) is 2.10. The van der Waals surface area contributed by atoms with Gasteiger partial charge in [0, 0.05) is 6.61 Å². The predicted molar refractivity (Wildman–Crippen MR) is 65.6 cm³/mol. The highest BCUT2D eigenvalue weighted by Gasteiger charge is 2.42. The van der Waals surface area contributed by atoms with E-state index < -0.39 is 0 Å². The van der Waals surface area contributed by atoms with Crippen LogP contribution in [0.25, 0.3) is 0 Å². The van der Waals surface area contributed by atoms with Gasteiger partial charge in [-0.25, -0.2) is 0 Å². The van der Waals surface area contributed by atoms with Crippen LogP contribution in [0.2, 0.25) is 0 Å². The monoisotopic (exact) mass is 227 g/mol. The molecule has 0 heterocycles. The summed E-state index contributed by atoms with van der Waals surface area (Å²) >= 11 is 0. The van der Waals surface area contributed by atoms with Gasteiger partial charge in [0.1, 0.15) is 6.61 Å². The number of likely N-dealkylation sites (N-methyl/N-ethyl adjacent to an activating group) is 1. The van der Waals surface area contributed by atoms with Gasteiger partial charge >= 0.3 is 0 Å². The molecule has 3 heteroatoms. The average Bonchev–Trinajstić information content (AvgIpc) is 2.25. The molecule has 0 aliphatic heterocycles. The quantitative estimate of drug-likeness (QED) is 0.720. The second-order valence-electron chi connectivity index (χ2n) is 5.19. The first-order chi connectivity index (χ1) is 7.53. The smallest absolute Gasteiger partial charge is 0.178 e. The fourth-order valence-electron chi connectivity index (χ4n) is 2.76. The van der Waals surface area contributed by atoms with Gasteiger partial charge in [-0.2, -0.15) is 0 Å². The van der Waals surface area contributed by atoms with E-state index in [1.54, 1.807) is 0 Å². The Morgan fingerprint density at radius 2 is 2.19 bits per heavy atom. The first kappa shape index (κ1) is 13.7. The lowest BCUT2D eigenvalue weighted by Gasteiger charge is -2.43. The Bertz CT molecular complexity index is 240. The molecule has 1 fully saturated rings. The Hall–Kier alpha value is -0.410. The first-order valence-electron chi connectivity index (χ1n) is 6.31. The fraction of sp³-hybridized carbons (Fsp3) is 0.923. The number of hydrogen-bond donors (Lipinski definition) is 0. The molecule has 1 aliphatic carbocycles. The molecule has 0 spiro atoms. The van der Waals surface area contributed by atoms with Crippen LogP contribution >= 0.6 is 0 Å². The molecule has 0 saturated heterocycles. The molecule has 0 aromatic heterocycles. The van der Waals surface area contributed by atoms with Gasteiger partial charge in [0.2, 0.25) is 0 Å². The van der Waals surface area contributed by atoms with E-state index in [0.29, 0.717) is 12.5 Å². The van der Waals surface area contributed by atoms with Crippen molar-refractivity contribution in [2.24, 2.45) is 5.92 Å². The fourth-order valence-corrected chi connectivity index (χ4v) is 2.76. The van der Waals surface area contributed by atoms with Crippen LogP contribution in [-0.4, -0.2) is 43.5 Å². The van der Waals surface area contributed by atoms with Gasteiger partial charge in [-0.15, -0.1) is 0 Å². The summed E-state index contributed by atoms with van der Waals surface area (Å²) in [5.74, 6) is 0.896. The van der Waals surface area contributed by atoms with Gasteiger partial charge in [-0.3, -0.25) is 9.69 Å². The topological polar surface area (TPSA) is 29.5 Å². The molecule has 2 unspecified atom stereocenters. The number of carbonyl (C=O) groups excluding carboxylic acids is 1. The zero-order chi connectivity index (χ0) is 12.2. The Morgan fingerprint density at radius 1 is 1.50 bits per heavy atom. The molecule has 0 bridgehead atoms. The molecule has 16 heavy (non-hydrogen) atoms. The molecular formula is C13H25NO2. The lowest BCUT2D eigenvalue weighted by atomic mass is 9.73. The highest BCUT2D eigenvalue weighted by Crippen LogP contribution is 2.36. The number of carbonyl (C=O) groups is 1. The highest BCUT2D eigenvalue weighted by atomic mass is 16.5. The number of Topliss-reactive ketones (excluding diaryl/α,β-unsaturated/α-hetero) is 1. The van der Waals surface area contributed by atoms with E-state index in [4.69, 9.17) is 4.74 Å². The largest absolute Gasteiger partial charge is 0.374 e. The Balaban J connectivity index is 2.75. The molecule has 1 rings (SSSR count). The molecule has 0 aromatic rings. The number of hydrogen-bond acceptors (Lipinski definition) is 3. The van der Waals surface area contributed by atoms with E-state index in [0.717, 1.165) is 19.3 Å². The number of nitrogens with zero attached hydrogens (tertiary/aromatic N) is 1. The Morgan fingerprint density at radius 3 is 2.69 bits per heavy atom. The summed E-state index contributed by atoms with van der Waals surface area (Å²) < 4.78 is 5.28. The molecule has 0 radical (unpaired) electrons. The summed E-state index contributed by atoms with van der Waals surface area (Å²) in [7, 11) is 4.03. The third kappa shape index (κ3) is 2.83. The van der Waals surface area contributed by atoms with Crippen molar-refractivity contribution in [3.8, 4) is 0 Å². The van der Waals surface area contributed by atoms with E-state index in [-0.39, 0.29) is 17.9 Å². The summed E-state index contributed by atoms with van der Waals surface area (Å²) in [6.07, 6.45) is 4.36. The molecule has 0 amide bonds. The van der Waals surface area contributed by atoms with Crippen LogP contribution in [0.3, 0.4) is 0 Å². The third-order valence-electron chi connectivity index (χ3n) is 3.79. The minimum absolute atomic E-state index is 0.255. The summed E-state index contributed by atoms with van der Waals surface area (Å²) in [4.78, 5) is 14.4. The zero-order valence-electron chi connectivity index (χ0n) is 11.1. The van der Waals surface area contributed by atoms with Crippen LogP contribution < -0.4 is 0 Å².